The van der Waals surface area contributed by atoms with Crippen molar-refractivity contribution in [2.75, 3.05) is 13.9 Å². The van der Waals surface area contributed by atoms with E-state index >= 15 is 0 Å². The summed E-state index contributed by atoms with van der Waals surface area (Å²) in [5.41, 5.74) is 1.64. The standard InChI is InChI=1S/C23H18BrN3O6/c1-12-5-20-26-23(28)15(22(25)27(20)33-12)6-14-7-16(24)21(19(9-14)29-2)30-10-13-3-4-17-18(8-13)32-11-31-17/h3-9,25H,10-11H2,1-2H3/b15-6-,25-22?. The van der Waals surface area contributed by atoms with Gasteiger partial charge in [0.2, 0.25) is 6.79 Å². The number of nitrogens with one attached hydrogen (secondary N) is 1. The molecule has 1 N–H and O–H groups in total. The number of methoxy groups -OCH3 is 1. The Hall–Kier alpha value is -3.79. The van der Waals surface area contributed by atoms with Crippen LogP contribution in [0.3, 0.4) is 0 Å². The van der Waals surface area contributed by atoms with Gasteiger partial charge in [-0.2, -0.15) is 4.99 Å². The molecular weight excluding hydrogens is 494 g/mol. The van der Waals surface area contributed by atoms with Gasteiger partial charge in [0.15, 0.2) is 34.7 Å². The highest BCUT2D eigenvalue weighted by atomic mass is 79.9. The zero-order chi connectivity index (χ0) is 23.1. The van der Waals surface area contributed by atoms with Crippen LogP contribution in [0.1, 0.15) is 18.1 Å². The number of amides is 1. The number of hydroxylamine groups is 2. The van der Waals surface area contributed by atoms with Crippen molar-refractivity contribution in [3.63, 3.8) is 0 Å². The molecule has 2 aromatic rings. The molecule has 0 bridgehead atoms. The number of hydrogen-bond donors (Lipinski definition) is 1. The number of benzene rings is 2. The Balaban J connectivity index is 1.39. The van der Waals surface area contributed by atoms with Crippen LogP contribution < -0.4 is 18.9 Å². The monoisotopic (exact) mass is 511 g/mol. The van der Waals surface area contributed by atoms with Crippen LogP contribution in [0, 0.1) is 5.41 Å². The fourth-order valence-corrected chi connectivity index (χ4v) is 4.09. The molecule has 33 heavy (non-hydrogen) atoms. The number of fused-ring (bicyclic) bond motifs is 2. The van der Waals surface area contributed by atoms with Gasteiger partial charge in [-0.15, -0.1) is 5.06 Å². The van der Waals surface area contributed by atoms with Crippen LogP contribution in [-0.2, 0) is 16.2 Å². The van der Waals surface area contributed by atoms with E-state index in [4.69, 9.17) is 29.2 Å². The first-order valence-corrected chi connectivity index (χ1v) is 10.7. The summed E-state index contributed by atoms with van der Waals surface area (Å²) in [5, 5.41) is 9.58. The van der Waals surface area contributed by atoms with E-state index in [9.17, 15) is 4.79 Å². The number of amidine groups is 2. The lowest BCUT2D eigenvalue weighted by molar-refractivity contribution is -0.114. The molecule has 0 fully saturated rings. The molecule has 1 amide bonds. The molecule has 0 atom stereocenters. The van der Waals surface area contributed by atoms with Gasteiger partial charge in [-0.25, -0.2) is 0 Å². The Morgan fingerprint density at radius 3 is 2.88 bits per heavy atom. The molecule has 5 rings (SSSR count). The van der Waals surface area contributed by atoms with Gasteiger partial charge < -0.3 is 23.8 Å². The fraction of sp³-hybridized carbons (Fsp3) is 0.174. The van der Waals surface area contributed by atoms with Crippen LogP contribution in [0.2, 0.25) is 0 Å². The van der Waals surface area contributed by atoms with Crippen molar-refractivity contribution < 1.29 is 28.6 Å². The van der Waals surface area contributed by atoms with Crippen molar-refractivity contribution in [1.29, 1.82) is 5.41 Å². The molecule has 0 aromatic heterocycles. The third-order valence-electron chi connectivity index (χ3n) is 5.06. The SMILES string of the molecule is COc1cc(/C=C2/C(=N)N3OC(C)=CC3=NC2=O)cc(Br)c1OCc1ccc2c(c1)OCO2. The van der Waals surface area contributed by atoms with Gasteiger partial charge in [0.25, 0.3) is 5.91 Å². The number of carbonyl (C=O) groups is 1. The molecule has 10 heteroatoms. The lowest BCUT2D eigenvalue weighted by Gasteiger charge is -2.23. The molecule has 168 valence electrons. The van der Waals surface area contributed by atoms with Crippen LogP contribution in [0.25, 0.3) is 6.08 Å². The number of halogens is 1. The molecule has 0 saturated heterocycles. The van der Waals surface area contributed by atoms with E-state index in [-0.39, 0.29) is 24.8 Å². The fourth-order valence-electron chi connectivity index (χ4n) is 3.52. The van der Waals surface area contributed by atoms with Crippen LogP contribution in [-0.4, -0.2) is 36.5 Å². The average Bonchev–Trinajstić information content (AvgIpc) is 3.41. The first kappa shape index (κ1) is 21.1. The average molecular weight is 512 g/mol. The summed E-state index contributed by atoms with van der Waals surface area (Å²) < 4.78 is 22.9. The van der Waals surface area contributed by atoms with E-state index in [1.165, 1.54) is 12.2 Å². The van der Waals surface area contributed by atoms with E-state index in [0.717, 1.165) is 5.56 Å². The summed E-state index contributed by atoms with van der Waals surface area (Å²) in [6.45, 7) is 2.22. The second kappa shape index (κ2) is 8.28. The van der Waals surface area contributed by atoms with Crippen LogP contribution in [0.5, 0.6) is 23.0 Å². The highest BCUT2D eigenvalue weighted by Gasteiger charge is 2.34. The summed E-state index contributed by atoms with van der Waals surface area (Å²) in [6.07, 6.45) is 3.17. The second-order valence-corrected chi connectivity index (χ2v) is 8.19. The molecule has 3 aliphatic heterocycles. The number of rotatable bonds is 5. The third kappa shape index (κ3) is 3.93. The number of ether oxygens (including phenoxy) is 4. The number of allylic oxidation sites excluding steroid dienone is 1. The number of aliphatic imine (C=N–C) groups is 1. The van der Waals surface area contributed by atoms with Gasteiger partial charge in [0.1, 0.15) is 12.4 Å². The highest BCUT2D eigenvalue weighted by molar-refractivity contribution is 9.10. The Morgan fingerprint density at radius 1 is 1.24 bits per heavy atom. The summed E-state index contributed by atoms with van der Waals surface area (Å²) in [6, 6.07) is 9.11. The van der Waals surface area contributed by atoms with Gasteiger partial charge in [-0.3, -0.25) is 10.2 Å². The molecule has 3 heterocycles. The smallest absolute Gasteiger partial charge is 0.282 e. The zero-order valence-corrected chi connectivity index (χ0v) is 19.3. The molecule has 0 radical (unpaired) electrons. The molecule has 0 aliphatic carbocycles. The lowest BCUT2D eigenvalue weighted by atomic mass is 10.1. The van der Waals surface area contributed by atoms with Crippen molar-refractivity contribution >= 4 is 39.6 Å². The maximum Gasteiger partial charge on any atom is 0.282 e. The van der Waals surface area contributed by atoms with Gasteiger partial charge in [0.05, 0.1) is 17.2 Å². The molecule has 2 aromatic carbocycles. The van der Waals surface area contributed by atoms with Gasteiger partial charge in [0, 0.05) is 6.08 Å². The Morgan fingerprint density at radius 2 is 2.06 bits per heavy atom. The normalized spacial score (nSPS) is 17.5. The number of carbonyl (C=O) groups excluding carboxylic acids is 1. The van der Waals surface area contributed by atoms with Crippen molar-refractivity contribution in [3.8, 4) is 23.0 Å². The minimum Gasteiger partial charge on any atom is -0.493 e. The van der Waals surface area contributed by atoms with E-state index in [1.54, 1.807) is 31.2 Å². The first-order valence-electron chi connectivity index (χ1n) is 9.92. The second-order valence-electron chi connectivity index (χ2n) is 7.33. The minimum absolute atomic E-state index is 0.0867. The Kier molecular flexibility index (Phi) is 5.29. The van der Waals surface area contributed by atoms with Gasteiger partial charge >= 0.3 is 0 Å². The zero-order valence-electron chi connectivity index (χ0n) is 17.7. The molecule has 0 unspecified atom stereocenters. The topological polar surface area (TPSA) is 103 Å². The summed E-state index contributed by atoms with van der Waals surface area (Å²) >= 11 is 3.52. The molecular formula is C23H18BrN3O6. The molecule has 9 nitrogen and oxygen atoms in total. The van der Waals surface area contributed by atoms with Crippen molar-refractivity contribution in [2.24, 2.45) is 4.99 Å². The lowest BCUT2D eigenvalue weighted by Crippen LogP contribution is -2.38. The third-order valence-corrected chi connectivity index (χ3v) is 5.65. The van der Waals surface area contributed by atoms with E-state index < -0.39 is 5.91 Å². The largest absolute Gasteiger partial charge is 0.493 e. The van der Waals surface area contributed by atoms with Crippen LogP contribution in [0.4, 0.5) is 0 Å². The Labute approximate surface area is 197 Å². The van der Waals surface area contributed by atoms with E-state index in [2.05, 4.69) is 20.9 Å². The molecule has 0 saturated carbocycles. The summed E-state index contributed by atoms with van der Waals surface area (Å²) in [7, 11) is 1.53. The van der Waals surface area contributed by atoms with Crippen molar-refractivity contribution in [1.82, 2.24) is 5.06 Å². The van der Waals surface area contributed by atoms with Crippen LogP contribution >= 0.6 is 15.9 Å². The highest BCUT2D eigenvalue weighted by Crippen LogP contribution is 2.39. The van der Waals surface area contributed by atoms with Crippen LogP contribution in [0.15, 0.2) is 57.2 Å². The van der Waals surface area contributed by atoms with Crippen molar-refractivity contribution in [2.45, 2.75) is 13.5 Å². The quantitative estimate of drug-likeness (QED) is 0.599. The molecule has 3 aliphatic rings. The molecule has 0 spiro atoms. The summed E-state index contributed by atoms with van der Waals surface area (Å²) in [4.78, 5) is 22.0. The van der Waals surface area contributed by atoms with Gasteiger partial charge in [-0.1, -0.05) is 6.07 Å². The Bertz CT molecular complexity index is 1280. The summed E-state index contributed by atoms with van der Waals surface area (Å²) in [5.74, 6) is 2.61. The predicted molar refractivity (Wildman–Crippen MR) is 122 cm³/mol. The predicted octanol–water partition coefficient (Wildman–Crippen LogP) is 4.22. The van der Waals surface area contributed by atoms with Crippen molar-refractivity contribution in [3.05, 3.63) is 63.3 Å². The van der Waals surface area contributed by atoms with E-state index in [0.29, 0.717) is 44.6 Å². The minimum atomic E-state index is -0.515. The van der Waals surface area contributed by atoms with E-state index in [1.807, 2.05) is 18.2 Å². The maximum atomic E-state index is 12.5. The first-order chi connectivity index (χ1) is 15.9. The maximum absolute atomic E-state index is 12.5. The number of nitrogens with zero attached hydrogens (tertiary/aromatic N) is 2. The van der Waals surface area contributed by atoms with Gasteiger partial charge in [-0.05, 0) is 64.3 Å². The number of hydrogen-bond acceptors (Lipinski definition) is 7.